The highest BCUT2D eigenvalue weighted by atomic mass is 35.5. The molecule has 1 amide bonds. The summed E-state index contributed by atoms with van der Waals surface area (Å²) in [7, 11) is 3.12. The van der Waals surface area contributed by atoms with E-state index in [1.54, 1.807) is 38.6 Å². The van der Waals surface area contributed by atoms with E-state index in [1.807, 2.05) is 12.1 Å². The SMILES string of the molecule is COc1ccc(CC(=O)N/N=C\c2ccc(Cl)s2)cc1OC. The molecule has 0 aliphatic rings. The first kappa shape index (κ1) is 16.3. The monoisotopic (exact) mass is 338 g/mol. The highest BCUT2D eigenvalue weighted by Crippen LogP contribution is 2.27. The third-order valence-corrected chi connectivity index (χ3v) is 3.95. The number of hydrazone groups is 1. The number of rotatable bonds is 6. The number of methoxy groups -OCH3 is 2. The van der Waals surface area contributed by atoms with E-state index in [0.29, 0.717) is 15.8 Å². The lowest BCUT2D eigenvalue weighted by molar-refractivity contribution is -0.120. The average molecular weight is 339 g/mol. The second-order valence-corrected chi connectivity index (χ2v) is 6.05. The van der Waals surface area contributed by atoms with Gasteiger partial charge < -0.3 is 9.47 Å². The van der Waals surface area contributed by atoms with E-state index < -0.39 is 0 Å². The molecule has 0 saturated carbocycles. The summed E-state index contributed by atoms with van der Waals surface area (Å²) in [5, 5.41) is 3.90. The Kier molecular flexibility index (Phi) is 5.80. The van der Waals surface area contributed by atoms with Crippen molar-refractivity contribution in [1.29, 1.82) is 0 Å². The van der Waals surface area contributed by atoms with Gasteiger partial charge in [0.1, 0.15) is 0 Å². The number of nitrogens with zero attached hydrogens (tertiary/aromatic N) is 1. The van der Waals surface area contributed by atoms with Crippen molar-refractivity contribution < 1.29 is 14.3 Å². The molecular weight excluding hydrogens is 324 g/mol. The van der Waals surface area contributed by atoms with Gasteiger partial charge in [-0.05, 0) is 29.8 Å². The zero-order valence-electron chi connectivity index (χ0n) is 12.1. The van der Waals surface area contributed by atoms with Gasteiger partial charge in [-0.15, -0.1) is 11.3 Å². The van der Waals surface area contributed by atoms with Crippen molar-refractivity contribution in [3.8, 4) is 11.5 Å². The number of carbonyl (C=O) groups is 1. The minimum absolute atomic E-state index is 0.197. The molecule has 2 rings (SSSR count). The maximum atomic E-state index is 11.8. The Balaban J connectivity index is 1.93. The zero-order chi connectivity index (χ0) is 15.9. The summed E-state index contributed by atoms with van der Waals surface area (Å²) in [6.45, 7) is 0. The molecule has 7 heteroatoms. The van der Waals surface area contributed by atoms with Crippen LogP contribution in [0, 0.1) is 0 Å². The predicted molar refractivity (Wildman–Crippen MR) is 88.3 cm³/mol. The van der Waals surface area contributed by atoms with Crippen molar-refractivity contribution in [2.45, 2.75) is 6.42 Å². The molecule has 1 N–H and O–H groups in total. The fraction of sp³-hybridized carbons (Fsp3) is 0.200. The number of nitrogens with one attached hydrogen (secondary N) is 1. The van der Waals surface area contributed by atoms with Gasteiger partial charge >= 0.3 is 0 Å². The van der Waals surface area contributed by atoms with Gasteiger partial charge in [-0.2, -0.15) is 5.10 Å². The zero-order valence-corrected chi connectivity index (χ0v) is 13.7. The van der Waals surface area contributed by atoms with Crippen molar-refractivity contribution in [2.24, 2.45) is 5.10 Å². The molecule has 0 saturated heterocycles. The number of carbonyl (C=O) groups excluding carboxylic acids is 1. The average Bonchev–Trinajstić information content (AvgIpc) is 2.92. The molecule has 0 unspecified atom stereocenters. The van der Waals surface area contributed by atoms with Crippen molar-refractivity contribution >= 4 is 35.1 Å². The largest absolute Gasteiger partial charge is 0.493 e. The lowest BCUT2D eigenvalue weighted by atomic mass is 10.1. The van der Waals surface area contributed by atoms with Gasteiger partial charge in [-0.3, -0.25) is 4.79 Å². The summed E-state index contributed by atoms with van der Waals surface area (Å²) in [6, 6.07) is 8.94. The van der Waals surface area contributed by atoms with Gasteiger partial charge in [0.15, 0.2) is 11.5 Å². The predicted octanol–water partition coefficient (Wildman–Crippen LogP) is 3.11. The summed E-state index contributed by atoms with van der Waals surface area (Å²) in [5.74, 6) is 0.995. The van der Waals surface area contributed by atoms with Gasteiger partial charge in [0.2, 0.25) is 5.91 Å². The summed E-state index contributed by atoms with van der Waals surface area (Å²) in [6.07, 6.45) is 1.76. The Hall–Kier alpha value is -2.05. The minimum Gasteiger partial charge on any atom is -0.493 e. The lowest BCUT2D eigenvalue weighted by Gasteiger charge is -2.09. The van der Waals surface area contributed by atoms with E-state index in [0.717, 1.165) is 10.4 Å². The maximum Gasteiger partial charge on any atom is 0.244 e. The molecule has 0 radical (unpaired) electrons. The van der Waals surface area contributed by atoms with Gasteiger partial charge in [-0.25, -0.2) is 5.43 Å². The first-order chi connectivity index (χ1) is 10.6. The van der Waals surface area contributed by atoms with E-state index in [-0.39, 0.29) is 12.3 Å². The molecule has 0 aliphatic heterocycles. The van der Waals surface area contributed by atoms with E-state index in [2.05, 4.69) is 10.5 Å². The van der Waals surface area contributed by atoms with Crippen molar-refractivity contribution in [2.75, 3.05) is 14.2 Å². The first-order valence-corrected chi connectivity index (χ1v) is 7.60. The molecule has 1 aromatic heterocycles. The van der Waals surface area contributed by atoms with E-state index in [1.165, 1.54) is 11.3 Å². The third kappa shape index (κ3) is 4.47. The number of ether oxygens (including phenoxy) is 2. The Morgan fingerprint density at radius 2 is 2.05 bits per heavy atom. The van der Waals surface area contributed by atoms with Crippen LogP contribution in [0.5, 0.6) is 11.5 Å². The van der Waals surface area contributed by atoms with Gasteiger partial charge in [0.05, 0.1) is 31.2 Å². The number of thiophene rings is 1. The highest BCUT2D eigenvalue weighted by Gasteiger charge is 2.07. The Morgan fingerprint density at radius 3 is 2.68 bits per heavy atom. The molecule has 0 aliphatic carbocycles. The van der Waals surface area contributed by atoms with E-state index in [4.69, 9.17) is 21.1 Å². The van der Waals surface area contributed by atoms with E-state index in [9.17, 15) is 4.79 Å². The van der Waals surface area contributed by atoms with E-state index >= 15 is 0 Å². The molecule has 0 bridgehead atoms. The number of halogens is 1. The molecule has 0 spiro atoms. The van der Waals surface area contributed by atoms with Crippen LogP contribution in [0.4, 0.5) is 0 Å². The summed E-state index contributed by atoms with van der Waals surface area (Å²) >= 11 is 7.20. The summed E-state index contributed by atoms with van der Waals surface area (Å²) in [4.78, 5) is 12.7. The van der Waals surface area contributed by atoms with Gasteiger partial charge in [0, 0.05) is 4.88 Å². The molecule has 0 fully saturated rings. The van der Waals surface area contributed by atoms with Crippen LogP contribution in [-0.4, -0.2) is 26.3 Å². The number of hydrogen-bond acceptors (Lipinski definition) is 5. The van der Waals surface area contributed by atoms with Crippen LogP contribution < -0.4 is 14.9 Å². The van der Waals surface area contributed by atoms with Gasteiger partial charge in [-0.1, -0.05) is 17.7 Å². The van der Waals surface area contributed by atoms with Crippen LogP contribution >= 0.6 is 22.9 Å². The molecule has 22 heavy (non-hydrogen) atoms. The number of benzene rings is 1. The minimum atomic E-state index is -0.217. The Labute approximate surface area is 137 Å². The second-order valence-electron chi connectivity index (χ2n) is 4.30. The normalized spacial score (nSPS) is 10.7. The van der Waals surface area contributed by atoms with Crippen LogP contribution in [0.15, 0.2) is 35.4 Å². The van der Waals surface area contributed by atoms with Crippen molar-refractivity contribution in [3.63, 3.8) is 0 Å². The molecule has 5 nitrogen and oxygen atoms in total. The smallest absolute Gasteiger partial charge is 0.244 e. The molecule has 116 valence electrons. The molecule has 0 atom stereocenters. The molecular formula is C15H15ClN2O3S. The fourth-order valence-corrected chi connectivity index (χ4v) is 2.71. The van der Waals surface area contributed by atoms with Crippen LogP contribution in [0.25, 0.3) is 0 Å². The maximum absolute atomic E-state index is 11.8. The Bertz CT molecular complexity index is 685. The topological polar surface area (TPSA) is 59.9 Å². The number of hydrogen-bond donors (Lipinski definition) is 1. The fourth-order valence-electron chi connectivity index (χ4n) is 1.78. The quantitative estimate of drug-likeness (QED) is 0.650. The van der Waals surface area contributed by atoms with Crippen molar-refractivity contribution in [1.82, 2.24) is 5.43 Å². The van der Waals surface area contributed by atoms with Crippen molar-refractivity contribution in [3.05, 3.63) is 45.1 Å². The third-order valence-electron chi connectivity index (χ3n) is 2.79. The van der Waals surface area contributed by atoms with Crippen LogP contribution in [0.3, 0.4) is 0 Å². The molecule has 2 aromatic rings. The van der Waals surface area contributed by atoms with Gasteiger partial charge in [0.25, 0.3) is 0 Å². The molecule has 1 heterocycles. The summed E-state index contributed by atoms with van der Waals surface area (Å²) < 4.78 is 11.0. The second kappa shape index (κ2) is 7.82. The van der Waals surface area contributed by atoms with Crippen LogP contribution in [-0.2, 0) is 11.2 Å². The van der Waals surface area contributed by atoms with Crippen LogP contribution in [0.2, 0.25) is 4.34 Å². The number of amides is 1. The van der Waals surface area contributed by atoms with Crippen LogP contribution in [0.1, 0.15) is 10.4 Å². The summed E-state index contributed by atoms with van der Waals surface area (Å²) in [5.41, 5.74) is 3.29. The standard InChI is InChI=1S/C15H15ClN2O3S/c1-20-12-5-3-10(7-13(12)21-2)8-15(19)18-17-9-11-4-6-14(16)22-11/h3-7,9H,8H2,1-2H3,(H,18,19)/b17-9-. The lowest BCUT2D eigenvalue weighted by Crippen LogP contribution is -2.19. The Morgan fingerprint density at radius 1 is 1.27 bits per heavy atom. The molecule has 1 aromatic carbocycles. The highest BCUT2D eigenvalue weighted by molar-refractivity contribution is 7.17. The first-order valence-electron chi connectivity index (χ1n) is 6.40.